The average Bonchev–Trinajstić information content (AvgIpc) is 3.30. The van der Waals surface area contributed by atoms with Crippen LogP contribution in [0, 0.1) is 6.92 Å². The molecule has 0 atom stereocenters. The van der Waals surface area contributed by atoms with Crippen LogP contribution >= 0.6 is 0 Å². The van der Waals surface area contributed by atoms with E-state index in [0.29, 0.717) is 28.7 Å². The maximum absolute atomic E-state index is 12.9. The number of carbonyl (C=O) groups excluding carboxylic acids is 1. The lowest BCUT2D eigenvalue weighted by molar-refractivity contribution is 0.102. The van der Waals surface area contributed by atoms with E-state index in [2.05, 4.69) is 56.2 Å². The van der Waals surface area contributed by atoms with Crippen molar-refractivity contribution in [3.05, 3.63) is 77.5 Å². The fourth-order valence-corrected chi connectivity index (χ4v) is 3.17. The van der Waals surface area contributed by atoms with Gasteiger partial charge in [-0.2, -0.15) is 5.21 Å². The molecule has 8 nitrogen and oxygen atoms in total. The lowest BCUT2D eigenvalue weighted by Crippen LogP contribution is -2.12. The molecule has 3 N–H and O–H groups in total. The standard InChI is InChI=1S/C23H23N7O/c1-14(2)16-6-4-7-18(12-16)25-23(31)17-10-9-15(3)20(13-17)26-21-19(8-5-11-24-21)22-27-29-30-28-22/h4-14H,1-3H3,(H,24,26)(H,25,31)(H,27,28,29,30). The molecule has 0 aliphatic rings. The molecule has 2 aromatic heterocycles. The van der Waals surface area contributed by atoms with Gasteiger partial charge in [-0.25, -0.2) is 4.98 Å². The summed E-state index contributed by atoms with van der Waals surface area (Å²) in [5.74, 6) is 1.23. The molecule has 31 heavy (non-hydrogen) atoms. The topological polar surface area (TPSA) is 108 Å². The van der Waals surface area contributed by atoms with Crippen molar-refractivity contribution >= 4 is 23.1 Å². The molecule has 156 valence electrons. The van der Waals surface area contributed by atoms with E-state index < -0.39 is 0 Å². The Hall–Kier alpha value is -4.07. The van der Waals surface area contributed by atoms with Gasteiger partial charge in [0.1, 0.15) is 5.82 Å². The van der Waals surface area contributed by atoms with Crippen LogP contribution in [-0.2, 0) is 0 Å². The number of H-pyrrole nitrogens is 1. The van der Waals surface area contributed by atoms with Crippen LogP contribution in [0.1, 0.15) is 41.3 Å². The highest BCUT2D eigenvalue weighted by Crippen LogP contribution is 2.28. The second-order valence-electron chi connectivity index (χ2n) is 7.52. The van der Waals surface area contributed by atoms with Crippen molar-refractivity contribution in [2.75, 3.05) is 10.6 Å². The Bertz CT molecular complexity index is 1200. The van der Waals surface area contributed by atoms with Gasteiger partial charge in [-0.15, -0.1) is 10.2 Å². The monoisotopic (exact) mass is 413 g/mol. The van der Waals surface area contributed by atoms with Gasteiger partial charge in [0.25, 0.3) is 5.91 Å². The Labute approximate surface area is 180 Å². The van der Waals surface area contributed by atoms with E-state index in [1.54, 1.807) is 18.3 Å². The fourth-order valence-electron chi connectivity index (χ4n) is 3.17. The lowest BCUT2D eigenvalue weighted by atomic mass is 10.0. The zero-order chi connectivity index (χ0) is 21.8. The number of hydrogen-bond donors (Lipinski definition) is 3. The summed E-state index contributed by atoms with van der Waals surface area (Å²) in [6.07, 6.45) is 1.68. The second kappa shape index (κ2) is 8.74. The van der Waals surface area contributed by atoms with Gasteiger partial charge in [-0.3, -0.25) is 4.79 Å². The molecule has 0 unspecified atom stereocenters. The Morgan fingerprint density at radius 3 is 2.71 bits per heavy atom. The molecule has 2 heterocycles. The summed E-state index contributed by atoms with van der Waals surface area (Å²) in [5, 5.41) is 20.4. The normalized spacial score (nSPS) is 10.8. The van der Waals surface area contributed by atoms with E-state index in [1.807, 2.05) is 43.3 Å². The molecule has 0 saturated carbocycles. The van der Waals surface area contributed by atoms with E-state index in [1.165, 1.54) is 5.56 Å². The highest BCUT2D eigenvalue weighted by Gasteiger charge is 2.14. The number of pyridine rings is 1. The van der Waals surface area contributed by atoms with Gasteiger partial charge in [0.15, 0.2) is 0 Å². The number of aromatic amines is 1. The van der Waals surface area contributed by atoms with Crippen LogP contribution in [0.2, 0.25) is 0 Å². The molecule has 0 bridgehead atoms. The largest absolute Gasteiger partial charge is 0.339 e. The van der Waals surface area contributed by atoms with Crippen molar-refractivity contribution in [1.82, 2.24) is 25.6 Å². The fraction of sp³-hybridized carbons (Fsp3) is 0.174. The van der Waals surface area contributed by atoms with Gasteiger partial charge >= 0.3 is 0 Å². The molecule has 4 aromatic rings. The van der Waals surface area contributed by atoms with Crippen molar-refractivity contribution in [1.29, 1.82) is 0 Å². The molecule has 0 aliphatic heterocycles. The minimum atomic E-state index is -0.177. The summed E-state index contributed by atoms with van der Waals surface area (Å²) in [6.45, 7) is 6.21. The van der Waals surface area contributed by atoms with Gasteiger partial charge in [0.2, 0.25) is 5.82 Å². The summed E-state index contributed by atoms with van der Waals surface area (Å²) < 4.78 is 0. The molecule has 1 amide bonds. The van der Waals surface area contributed by atoms with E-state index >= 15 is 0 Å². The summed E-state index contributed by atoms with van der Waals surface area (Å²) in [5.41, 5.74) is 4.94. The number of benzene rings is 2. The molecular formula is C23H23N7O. The SMILES string of the molecule is Cc1ccc(C(=O)Nc2cccc(C(C)C)c2)cc1Nc1ncccc1-c1nn[nH]n1. The van der Waals surface area contributed by atoms with Crippen molar-refractivity contribution < 1.29 is 4.79 Å². The number of rotatable bonds is 6. The number of tetrazole rings is 1. The van der Waals surface area contributed by atoms with Gasteiger partial charge < -0.3 is 10.6 Å². The van der Waals surface area contributed by atoms with Crippen LogP contribution in [0.4, 0.5) is 17.2 Å². The van der Waals surface area contributed by atoms with Crippen LogP contribution in [0.5, 0.6) is 0 Å². The number of anilines is 3. The van der Waals surface area contributed by atoms with E-state index in [-0.39, 0.29) is 5.91 Å². The second-order valence-corrected chi connectivity index (χ2v) is 7.52. The van der Waals surface area contributed by atoms with E-state index in [9.17, 15) is 4.79 Å². The minimum Gasteiger partial charge on any atom is -0.339 e. The van der Waals surface area contributed by atoms with E-state index in [0.717, 1.165) is 16.9 Å². The summed E-state index contributed by atoms with van der Waals surface area (Å²) in [4.78, 5) is 17.3. The Morgan fingerprint density at radius 1 is 1.06 bits per heavy atom. The first-order valence-corrected chi connectivity index (χ1v) is 9.99. The van der Waals surface area contributed by atoms with Crippen molar-refractivity contribution in [3.63, 3.8) is 0 Å². The van der Waals surface area contributed by atoms with Crippen LogP contribution in [-0.4, -0.2) is 31.5 Å². The van der Waals surface area contributed by atoms with Gasteiger partial charge in [0, 0.05) is 23.1 Å². The third-order valence-corrected chi connectivity index (χ3v) is 4.96. The Kier molecular flexibility index (Phi) is 5.70. The summed E-state index contributed by atoms with van der Waals surface area (Å²) in [7, 11) is 0. The van der Waals surface area contributed by atoms with Gasteiger partial charge in [0.05, 0.1) is 5.56 Å². The molecule has 2 aromatic carbocycles. The number of nitrogens with one attached hydrogen (secondary N) is 3. The number of aromatic nitrogens is 5. The molecule has 0 spiro atoms. The molecular weight excluding hydrogens is 390 g/mol. The van der Waals surface area contributed by atoms with Gasteiger partial charge in [-0.1, -0.05) is 32.0 Å². The first-order chi connectivity index (χ1) is 15.0. The molecule has 8 heteroatoms. The van der Waals surface area contributed by atoms with Crippen molar-refractivity contribution in [2.45, 2.75) is 26.7 Å². The van der Waals surface area contributed by atoms with Gasteiger partial charge in [-0.05, 0) is 65.6 Å². The zero-order valence-corrected chi connectivity index (χ0v) is 17.5. The van der Waals surface area contributed by atoms with Crippen LogP contribution < -0.4 is 10.6 Å². The first kappa shape index (κ1) is 20.2. The maximum atomic E-state index is 12.9. The molecule has 0 saturated heterocycles. The van der Waals surface area contributed by atoms with Crippen molar-refractivity contribution in [2.24, 2.45) is 0 Å². The van der Waals surface area contributed by atoms with Crippen LogP contribution in [0.3, 0.4) is 0 Å². The number of aryl methyl sites for hydroxylation is 1. The lowest BCUT2D eigenvalue weighted by Gasteiger charge is -2.13. The smallest absolute Gasteiger partial charge is 0.255 e. The Balaban J connectivity index is 1.58. The molecule has 4 rings (SSSR count). The highest BCUT2D eigenvalue weighted by atomic mass is 16.1. The molecule has 0 aliphatic carbocycles. The third kappa shape index (κ3) is 4.58. The summed E-state index contributed by atoms with van der Waals surface area (Å²) in [6, 6.07) is 17.1. The summed E-state index contributed by atoms with van der Waals surface area (Å²) >= 11 is 0. The van der Waals surface area contributed by atoms with Crippen LogP contribution in [0.15, 0.2) is 60.8 Å². The number of carbonyl (C=O) groups is 1. The first-order valence-electron chi connectivity index (χ1n) is 9.99. The molecule has 0 fully saturated rings. The number of hydrogen-bond acceptors (Lipinski definition) is 6. The highest BCUT2D eigenvalue weighted by molar-refractivity contribution is 6.05. The van der Waals surface area contributed by atoms with E-state index in [4.69, 9.17) is 0 Å². The van der Waals surface area contributed by atoms with Crippen LogP contribution in [0.25, 0.3) is 11.4 Å². The zero-order valence-electron chi connectivity index (χ0n) is 17.5. The number of amides is 1. The number of nitrogens with zero attached hydrogens (tertiary/aromatic N) is 4. The minimum absolute atomic E-state index is 0.177. The predicted molar refractivity (Wildman–Crippen MR) is 120 cm³/mol. The maximum Gasteiger partial charge on any atom is 0.255 e. The predicted octanol–water partition coefficient (Wildman–Crippen LogP) is 4.69. The Morgan fingerprint density at radius 2 is 1.94 bits per heavy atom. The van der Waals surface area contributed by atoms with Crippen molar-refractivity contribution in [3.8, 4) is 11.4 Å². The quantitative estimate of drug-likeness (QED) is 0.423. The molecule has 0 radical (unpaired) electrons. The third-order valence-electron chi connectivity index (χ3n) is 4.96. The average molecular weight is 413 g/mol.